The fourth-order valence-corrected chi connectivity index (χ4v) is 7.85. The molecule has 3 aromatic rings. The number of thiophene rings is 1. The first kappa shape index (κ1) is 30.7. The number of halogens is 3. The van der Waals surface area contributed by atoms with Crippen molar-refractivity contribution in [3.8, 4) is 29.3 Å². The van der Waals surface area contributed by atoms with E-state index in [2.05, 4.69) is 17.3 Å². The van der Waals surface area contributed by atoms with Crippen LogP contribution in [0.25, 0.3) is 0 Å². The lowest BCUT2D eigenvalue weighted by Crippen LogP contribution is -2.74. The van der Waals surface area contributed by atoms with Crippen molar-refractivity contribution in [1.29, 1.82) is 0 Å². The van der Waals surface area contributed by atoms with Gasteiger partial charge in [0.1, 0.15) is 23.6 Å². The first-order valence-electron chi connectivity index (χ1n) is 12.3. The number of hydrogen-bond donors (Lipinski definition) is 2. The number of benzene rings is 2. The van der Waals surface area contributed by atoms with Gasteiger partial charge < -0.3 is 19.9 Å². The number of rotatable bonds is 8. The maximum absolute atomic E-state index is 13.1. The summed E-state index contributed by atoms with van der Waals surface area (Å²) in [6.07, 6.45) is 2.02. The van der Waals surface area contributed by atoms with E-state index in [1.165, 1.54) is 29.5 Å². The van der Waals surface area contributed by atoms with Crippen molar-refractivity contribution in [2.24, 2.45) is 0 Å². The average molecular weight is 682 g/mol. The number of carboxylic acid groups (broad SMARTS) is 1. The molecule has 1 unspecified atom stereocenters. The van der Waals surface area contributed by atoms with E-state index in [-0.39, 0.29) is 40.7 Å². The first-order valence-corrected chi connectivity index (χ1v) is 16.1. The first-order chi connectivity index (χ1) is 20.4. The van der Waals surface area contributed by atoms with Crippen LogP contribution in [-0.2, 0) is 30.6 Å². The Bertz CT molecular complexity index is 1830. The summed E-state index contributed by atoms with van der Waals surface area (Å²) in [6, 6.07) is 11.2. The van der Waals surface area contributed by atoms with Gasteiger partial charge in [0.2, 0.25) is 5.91 Å². The molecule has 15 heteroatoms. The van der Waals surface area contributed by atoms with Crippen molar-refractivity contribution in [1.82, 2.24) is 10.2 Å². The number of ether oxygens (including phenoxy) is 2. The maximum Gasteiger partial charge on any atom is 0.352 e. The molecular weight excluding hydrogens is 663 g/mol. The normalized spacial score (nSPS) is 18.6. The number of carbonyl (C=O) groups excluding carboxylic acids is 2. The van der Waals surface area contributed by atoms with Gasteiger partial charge >= 0.3 is 5.97 Å². The van der Waals surface area contributed by atoms with Crippen molar-refractivity contribution in [3.05, 3.63) is 85.1 Å². The molecule has 0 spiro atoms. The molecule has 0 radical (unpaired) electrons. The summed E-state index contributed by atoms with van der Waals surface area (Å²) in [5.74, 6) is -0.376. The quantitative estimate of drug-likeness (QED) is 0.253. The molecule has 2 aliphatic heterocycles. The molecule has 2 aromatic carbocycles. The van der Waals surface area contributed by atoms with E-state index in [0.29, 0.717) is 14.9 Å². The Kier molecular flexibility index (Phi) is 8.91. The Morgan fingerprint density at radius 3 is 2.47 bits per heavy atom. The van der Waals surface area contributed by atoms with E-state index < -0.39 is 50.5 Å². The summed E-state index contributed by atoms with van der Waals surface area (Å²) in [7, 11) is -4.07. The largest absolute Gasteiger partial charge is 0.477 e. The molecule has 2 aliphatic rings. The highest BCUT2D eigenvalue weighted by atomic mass is 35.5. The molecule has 5 rings (SSSR count). The Hall–Kier alpha value is -3.73. The molecule has 2 N–H and O–H groups in total. The van der Waals surface area contributed by atoms with Gasteiger partial charge in [-0.15, -0.1) is 11.3 Å². The zero-order valence-electron chi connectivity index (χ0n) is 21.7. The van der Waals surface area contributed by atoms with Crippen LogP contribution >= 0.6 is 46.1 Å². The van der Waals surface area contributed by atoms with E-state index in [9.17, 15) is 27.9 Å². The highest BCUT2D eigenvalue weighted by Crippen LogP contribution is 2.39. The number of nitrogens with one attached hydrogen (secondary N) is 1. The van der Waals surface area contributed by atoms with E-state index in [0.717, 1.165) is 4.88 Å². The van der Waals surface area contributed by atoms with Crippen LogP contribution in [0.2, 0.25) is 15.1 Å². The molecule has 2 amide bonds. The third kappa shape index (κ3) is 6.61. The summed E-state index contributed by atoms with van der Waals surface area (Å²) in [5, 5.41) is 13.5. The fraction of sp³-hybridized carbons (Fsp3) is 0.179. The third-order valence-electron chi connectivity index (χ3n) is 6.35. The van der Waals surface area contributed by atoms with Crippen molar-refractivity contribution in [2.75, 3.05) is 5.75 Å². The molecule has 10 nitrogen and oxygen atoms in total. The highest BCUT2D eigenvalue weighted by molar-refractivity contribution is 7.92. The van der Waals surface area contributed by atoms with Gasteiger partial charge in [0.25, 0.3) is 5.91 Å². The Labute approximate surface area is 264 Å². The number of aliphatic carboxylic acids is 1. The van der Waals surface area contributed by atoms with Gasteiger partial charge in [0.05, 0.1) is 17.2 Å². The SMILES string of the molecule is O=C(Cc1cccs1)NC1C(=O)N2C(C(=O)O)=C(CC#COc3cc(Cl)ccc3Oc3ccc(Cl)cc3Cl)CS(=O)(=O)[C@@H]12. The van der Waals surface area contributed by atoms with Crippen molar-refractivity contribution in [2.45, 2.75) is 24.3 Å². The van der Waals surface area contributed by atoms with Crippen LogP contribution in [0, 0.1) is 12.0 Å². The van der Waals surface area contributed by atoms with E-state index in [1.807, 2.05) is 0 Å². The molecule has 222 valence electrons. The second kappa shape index (κ2) is 12.5. The lowest BCUT2D eigenvalue weighted by molar-refractivity contribution is -0.151. The van der Waals surface area contributed by atoms with Gasteiger partial charge in [-0.1, -0.05) is 46.8 Å². The summed E-state index contributed by atoms with van der Waals surface area (Å²) >= 11 is 19.5. The van der Waals surface area contributed by atoms with Gasteiger partial charge in [-0.05, 0) is 47.4 Å². The second-order valence-corrected chi connectivity index (χ2v) is 13.7. The lowest BCUT2D eigenvalue weighted by atomic mass is 10.0. The molecule has 0 aliphatic carbocycles. The van der Waals surface area contributed by atoms with E-state index in [1.54, 1.807) is 35.7 Å². The van der Waals surface area contributed by atoms with Gasteiger partial charge in [0.15, 0.2) is 26.7 Å². The summed E-state index contributed by atoms with van der Waals surface area (Å²) in [4.78, 5) is 38.9. The number of carboxylic acids is 1. The molecule has 1 fully saturated rings. The summed E-state index contributed by atoms with van der Waals surface area (Å²) in [5.41, 5.74) is -0.598. The standard InChI is InChI=1S/C28H19Cl3N2O8S2/c29-16-5-7-20(19(31)11-16)41-21-8-6-17(30)12-22(21)40-9-1-3-15-14-43(38,39)27-24(26(35)33(27)25(15)28(36)37)32-23(34)13-18-4-2-10-42-18/h2,4-8,10-12,24,27H,3,13-14H2,(H,32,34)(H,36,37)/t24?,27-/m0/s1. The topological polar surface area (TPSA) is 139 Å². The van der Waals surface area contributed by atoms with Gasteiger partial charge in [-0.2, -0.15) is 0 Å². The number of hydrogen-bond acceptors (Lipinski definition) is 8. The Morgan fingerprint density at radius 1 is 1.07 bits per heavy atom. The maximum atomic E-state index is 13.1. The number of β-lactam (4-membered cyclic amide) rings is 1. The molecule has 1 saturated heterocycles. The molecule has 2 atom stereocenters. The van der Waals surface area contributed by atoms with Crippen LogP contribution in [-0.4, -0.2) is 53.4 Å². The van der Waals surface area contributed by atoms with Crippen molar-refractivity contribution >= 4 is 73.8 Å². The Morgan fingerprint density at radius 2 is 1.79 bits per heavy atom. The average Bonchev–Trinajstić information content (AvgIpc) is 3.44. The fourth-order valence-electron chi connectivity index (χ4n) is 4.51. The lowest BCUT2D eigenvalue weighted by Gasteiger charge is -2.48. The number of nitrogens with zero attached hydrogens (tertiary/aromatic N) is 1. The van der Waals surface area contributed by atoms with E-state index >= 15 is 0 Å². The van der Waals surface area contributed by atoms with Crippen molar-refractivity contribution in [3.63, 3.8) is 0 Å². The minimum Gasteiger partial charge on any atom is -0.477 e. The number of amides is 2. The summed E-state index contributed by atoms with van der Waals surface area (Å²) < 4.78 is 37.6. The molecule has 3 heterocycles. The van der Waals surface area contributed by atoms with Crippen molar-refractivity contribution < 1.29 is 37.4 Å². The number of sulfone groups is 1. The van der Waals surface area contributed by atoms with Gasteiger partial charge in [-0.25, -0.2) is 13.2 Å². The molecule has 0 saturated carbocycles. The van der Waals surface area contributed by atoms with Crippen LogP contribution in [0.1, 0.15) is 11.3 Å². The van der Waals surface area contributed by atoms with Crippen LogP contribution in [0.3, 0.4) is 0 Å². The number of carbonyl (C=O) groups is 3. The highest BCUT2D eigenvalue weighted by Gasteiger charge is 2.60. The third-order valence-corrected chi connectivity index (χ3v) is 9.96. The van der Waals surface area contributed by atoms with Crippen LogP contribution in [0.4, 0.5) is 0 Å². The zero-order chi connectivity index (χ0) is 30.9. The van der Waals surface area contributed by atoms with Gasteiger partial charge in [-0.3, -0.25) is 14.5 Å². The predicted octanol–water partition coefficient (Wildman–Crippen LogP) is 4.89. The zero-order valence-corrected chi connectivity index (χ0v) is 25.6. The minimum atomic E-state index is -4.07. The predicted molar refractivity (Wildman–Crippen MR) is 160 cm³/mol. The van der Waals surface area contributed by atoms with Crippen LogP contribution in [0.5, 0.6) is 17.2 Å². The molecule has 1 aromatic heterocycles. The van der Waals surface area contributed by atoms with Gasteiger partial charge in [0, 0.05) is 27.4 Å². The van der Waals surface area contributed by atoms with Crippen LogP contribution in [0.15, 0.2) is 65.2 Å². The Balaban J connectivity index is 1.32. The smallest absolute Gasteiger partial charge is 0.352 e. The number of fused-ring (bicyclic) bond motifs is 1. The molecule has 43 heavy (non-hydrogen) atoms. The van der Waals surface area contributed by atoms with Crippen LogP contribution < -0.4 is 14.8 Å². The van der Waals surface area contributed by atoms with E-state index in [4.69, 9.17) is 44.3 Å². The summed E-state index contributed by atoms with van der Waals surface area (Å²) in [6.45, 7) is 0. The second-order valence-electron chi connectivity index (χ2n) is 9.29. The molecule has 0 bridgehead atoms. The molecular formula is C28H19Cl3N2O8S2. The minimum absolute atomic E-state index is 0.0389. The monoisotopic (exact) mass is 680 g/mol.